The van der Waals surface area contributed by atoms with Gasteiger partial charge in [0, 0.05) is 23.4 Å². The fourth-order valence-corrected chi connectivity index (χ4v) is 4.32. The number of benzene rings is 2. The van der Waals surface area contributed by atoms with Gasteiger partial charge in [-0.25, -0.2) is 4.79 Å². The molecule has 0 aromatic heterocycles. The SMILES string of the molecule is CCOC(=O)C1=C(c2ccccc2)OC(N)=C(C#N)[C@@]12C(=O)N(CC)c1ccccc12. The molecule has 1 spiro atoms. The quantitative estimate of drug-likeness (QED) is 0.770. The zero-order chi connectivity index (χ0) is 22.2. The van der Waals surface area contributed by atoms with Crippen molar-refractivity contribution in [1.29, 1.82) is 5.26 Å². The minimum atomic E-state index is -1.75. The maximum atomic E-state index is 14.0. The van der Waals surface area contributed by atoms with Crippen LogP contribution >= 0.6 is 0 Å². The molecule has 0 bridgehead atoms. The summed E-state index contributed by atoms with van der Waals surface area (Å²) in [5.74, 6) is -1.27. The van der Waals surface area contributed by atoms with E-state index in [9.17, 15) is 14.9 Å². The molecule has 2 aromatic rings. The second kappa shape index (κ2) is 7.65. The van der Waals surface area contributed by atoms with Gasteiger partial charge in [-0.15, -0.1) is 0 Å². The van der Waals surface area contributed by atoms with Crippen molar-refractivity contribution < 1.29 is 19.1 Å². The second-order valence-electron chi connectivity index (χ2n) is 7.06. The Hall–Kier alpha value is -4.05. The van der Waals surface area contributed by atoms with Crippen LogP contribution in [0.15, 0.2) is 71.6 Å². The number of carbonyl (C=O) groups excluding carboxylic acids is 2. The topological polar surface area (TPSA) is 106 Å². The molecule has 31 heavy (non-hydrogen) atoms. The number of ether oxygens (including phenoxy) is 2. The van der Waals surface area contributed by atoms with Crippen molar-refractivity contribution in [3.8, 4) is 6.07 Å². The van der Waals surface area contributed by atoms with Gasteiger partial charge in [-0.05, 0) is 19.9 Å². The molecule has 2 N–H and O–H groups in total. The van der Waals surface area contributed by atoms with Gasteiger partial charge in [0.25, 0.3) is 0 Å². The molecule has 7 nitrogen and oxygen atoms in total. The molecule has 7 heteroatoms. The summed E-state index contributed by atoms with van der Waals surface area (Å²) >= 11 is 0. The van der Waals surface area contributed by atoms with Gasteiger partial charge in [0.2, 0.25) is 11.8 Å². The molecular weight excluding hydrogens is 394 g/mol. The van der Waals surface area contributed by atoms with Crippen LogP contribution in [-0.4, -0.2) is 25.0 Å². The maximum absolute atomic E-state index is 14.0. The van der Waals surface area contributed by atoms with Crippen molar-refractivity contribution in [3.05, 3.63) is 82.8 Å². The van der Waals surface area contributed by atoms with E-state index in [0.717, 1.165) is 0 Å². The Kier molecular flexibility index (Phi) is 4.99. The highest BCUT2D eigenvalue weighted by Crippen LogP contribution is 2.55. The summed E-state index contributed by atoms with van der Waals surface area (Å²) in [6.07, 6.45) is 0. The van der Waals surface area contributed by atoms with E-state index in [2.05, 4.69) is 0 Å². The van der Waals surface area contributed by atoms with Crippen LogP contribution < -0.4 is 10.6 Å². The zero-order valence-corrected chi connectivity index (χ0v) is 17.2. The highest BCUT2D eigenvalue weighted by molar-refractivity contribution is 6.20. The second-order valence-corrected chi connectivity index (χ2v) is 7.06. The fraction of sp³-hybridized carbons (Fsp3) is 0.208. The summed E-state index contributed by atoms with van der Waals surface area (Å²) in [5.41, 5.74) is 5.94. The lowest BCUT2D eigenvalue weighted by molar-refractivity contribution is -0.140. The summed E-state index contributed by atoms with van der Waals surface area (Å²) in [7, 11) is 0. The molecule has 2 aromatic carbocycles. The first-order valence-electron chi connectivity index (χ1n) is 9.99. The van der Waals surface area contributed by atoms with Crippen LogP contribution in [0.2, 0.25) is 0 Å². The van der Waals surface area contributed by atoms with E-state index in [1.165, 1.54) is 0 Å². The van der Waals surface area contributed by atoms with Crippen molar-refractivity contribution in [3.63, 3.8) is 0 Å². The molecule has 0 saturated carbocycles. The average Bonchev–Trinajstić information content (AvgIpc) is 3.02. The molecule has 0 aliphatic carbocycles. The third-order valence-corrected chi connectivity index (χ3v) is 5.54. The lowest BCUT2D eigenvalue weighted by atomic mass is 9.67. The minimum absolute atomic E-state index is 0.0419. The number of rotatable bonds is 4. The normalized spacial score (nSPS) is 19.9. The fourth-order valence-electron chi connectivity index (χ4n) is 4.32. The van der Waals surface area contributed by atoms with Gasteiger partial charge in [-0.1, -0.05) is 48.5 Å². The number of esters is 1. The molecular formula is C24H21N3O4. The van der Waals surface area contributed by atoms with Crippen LogP contribution in [-0.2, 0) is 24.5 Å². The molecule has 0 radical (unpaired) electrons. The van der Waals surface area contributed by atoms with Crippen LogP contribution in [0.4, 0.5) is 5.69 Å². The third kappa shape index (κ3) is 2.72. The number of hydrogen-bond acceptors (Lipinski definition) is 6. The van der Waals surface area contributed by atoms with Crippen molar-refractivity contribution in [2.45, 2.75) is 19.3 Å². The standard InChI is InChI=1S/C24H21N3O4/c1-3-27-18-13-9-8-12-16(18)24(23(27)29)17(14-25)21(26)31-20(15-10-6-5-7-11-15)19(24)22(28)30-4-2/h5-13H,3-4,26H2,1-2H3/t24-/m1/s1. The summed E-state index contributed by atoms with van der Waals surface area (Å²) in [4.78, 5) is 28.9. The van der Waals surface area contributed by atoms with E-state index in [1.807, 2.05) is 19.1 Å². The van der Waals surface area contributed by atoms with Crippen LogP contribution in [0.3, 0.4) is 0 Å². The van der Waals surface area contributed by atoms with Crippen molar-refractivity contribution in [2.75, 3.05) is 18.1 Å². The van der Waals surface area contributed by atoms with Gasteiger partial charge >= 0.3 is 5.97 Å². The highest BCUT2D eigenvalue weighted by atomic mass is 16.5. The number of carbonyl (C=O) groups is 2. The molecule has 1 amide bonds. The lowest BCUT2D eigenvalue weighted by Crippen LogP contribution is -2.48. The first kappa shape index (κ1) is 20.2. The lowest BCUT2D eigenvalue weighted by Gasteiger charge is -2.35. The molecule has 156 valence electrons. The number of hydrogen-bond donors (Lipinski definition) is 1. The van der Waals surface area contributed by atoms with Crippen LogP contribution in [0.25, 0.3) is 5.76 Å². The van der Waals surface area contributed by atoms with E-state index in [-0.39, 0.29) is 29.4 Å². The zero-order valence-electron chi connectivity index (χ0n) is 17.2. The smallest absolute Gasteiger partial charge is 0.339 e. The maximum Gasteiger partial charge on any atom is 0.339 e. The molecule has 0 fully saturated rings. The van der Waals surface area contributed by atoms with E-state index < -0.39 is 17.3 Å². The molecule has 2 aliphatic rings. The number of nitriles is 1. The first-order chi connectivity index (χ1) is 15.0. The van der Waals surface area contributed by atoms with Gasteiger partial charge < -0.3 is 20.1 Å². The van der Waals surface area contributed by atoms with Crippen LogP contribution in [0.1, 0.15) is 25.0 Å². The highest BCUT2D eigenvalue weighted by Gasteiger charge is 2.62. The van der Waals surface area contributed by atoms with Crippen molar-refractivity contribution in [2.24, 2.45) is 5.73 Å². The van der Waals surface area contributed by atoms with Gasteiger partial charge in [0.05, 0.1) is 6.61 Å². The summed E-state index contributed by atoms with van der Waals surface area (Å²) in [5, 5.41) is 10.1. The number of anilines is 1. The van der Waals surface area contributed by atoms with E-state index in [0.29, 0.717) is 23.4 Å². The molecule has 2 heterocycles. The number of para-hydroxylation sites is 1. The van der Waals surface area contributed by atoms with Gasteiger partial charge in [0.1, 0.15) is 23.0 Å². The predicted molar refractivity (Wildman–Crippen MR) is 114 cm³/mol. The number of likely N-dealkylation sites (N-methyl/N-ethyl adjacent to an activating group) is 1. The van der Waals surface area contributed by atoms with Gasteiger partial charge in [0.15, 0.2) is 5.41 Å². The number of fused-ring (bicyclic) bond motifs is 2. The van der Waals surface area contributed by atoms with E-state index >= 15 is 0 Å². The number of nitrogens with zero attached hydrogens (tertiary/aromatic N) is 2. The summed E-state index contributed by atoms with van der Waals surface area (Å²) in [6.45, 7) is 3.95. The third-order valence-electron chi connectivity index (χ3n) is 5.54. The number of nitrogens with two attached hydrogens (primary N) is 1. The molecule has 4 rings (SSSR count). The number of amides is 1. The first-order valence-corrected chi connectivity index (χ1v) is 9.99. The van der Waals surface area contributed by atoms with Crippen LogP contribution in [0.5, 0.6) is 0 Å². The Balaban J connectivity index is 2.16. The minimum Gasteiger partial charge on any atom is -0.462 e. The Labute approximate surface area is 180 Å². The summed E-state index contributed by atoms with van der Waals surface area (Å²) < 4.78 is 11.2. The Morgan fingerprint density at radius 1 is 1.16 bits per heavy atom. The van der Waals surface area contributed by atoms with Crippen molar-refractivity contribution >= 4 is 23.3 Å². The van der Waals surface area contributed by atoms with Gasteiger partial charge in [-0.3, -0.25) is 4.79 Å². The average molecular weight is 415 g/mol. The predicted octanol–water partition coefficient (Wildman–Crippen LogP) is 2.99. The Morgan fingerprint density at radius 3 is 2.48 bits per heavy atom. The molecule has 2 aliphatic heterocycles. The van der Waals surface area contributed by atoms with Crippen LogP contribution in [0, 0.1) is 11.3 Å². The largest absolute Gasteiger partial charge is 0.462 e. The molecule has 0 saturated heterocycles. The summed E-state index contributed by atoms with van der Waals surface area (Å²) in [6, 6.07) is 18.0. The van der Waals surface area contributed by atoms with E-state index in [4.69, 9.17) is 15.2 Å². The van der Waals surface area contributed by atoms with Crippen molar-refractivity contribution in [1.82, 2.24) is 0 Å². The van der Waals surface area contributed by atoms with Gasteiger partial charge in [-0.2, -0.15) is 5.26 Å². The monoisotopic (exact) mass is 415 g/mol. The van der Waals surface area contributed by atoms with E-state index in [1.54, 1.807) is 60.4 Å². The Bertz CT molecular complexity index is 1180. The molecule has 1 atom stereocenters. The molecule has 0 unspecified atom stereocenters. The Morgan fingerprint density at radius 2 is 1.84 bits per heavy atom.